The number of hydrogen-bond donors (Lipinski definition) is 2. The van der Waals surface area contributed by atoms with E-state index in [1.54, 1.807) is 14.2 Å². The van der Waals surface area contributed by atoms with Gasteiger partial charge in [0.1, 0.15) is 16.0 Å². The molecule has 1 aromatic carbocycles. The Hall–Kier alpha value is -0.860. The van der Waals surface area contributed by atoms with Gasteiger partial charge < -0.3 is 19.1 Å². The normalized spacial score (nSPS) is 21.1. The third-order valence-electron chi connectivity index (χ3n) is 3.70. The van der Waals surface area contributed by atoms with Gasteiger partial charge in [0.2, 0.25) is 0 Å². The Kier molecular flexibility index (Phi) is 5.83. The molecule has 1 fully saturated rings. The molecular weight excluding hydrogens is 338 g/mol. The van der Waals surface area contributed by atoms with Crippen LogP contribution < -0.4 is 20.7 Å². The lowest BCUT2D eigenvalue weighted by molar-refractivity contribution is -0.0396. The minimum Gasteiger partial charge on any atom is -0.495 e. The van der Waals surface area contributed by atoms with Crippen molar-refractivity contribution < 1.29 is 14.2 Å². The third kappa shape index (κ3) is 3.49. The number of likely N-dealkylation sites (N-methyl/N-ethyl adjacent to an activating group) is 1. The van der Waals surface area contributed by atoms with Crippen LogP contribution in [0.3, 0.4) is 0 Å². The molecule has 0 bridgehead atoms. The Morgan fingerprint density at radius 3 is 2.76 bits per heavy atom. The second-order valence-corrected chi connectivity index (χ2v) is 5.81. The van der Waals surface area contributed by atoms with E-state index in [2.05, 4.69) is 33.3 Å². The maximum Gasteiger partial charge on any atom is 0.141 e. The number of nitrogens with one attached hydrogen (secondary N) is 1. The van der Waals surface area contributed by atoms with E-state index in [-0.39, 0.29) is 12.1 Å². The van der Waals surface area contributed by atoms with Crippen LogP contribution in [0.1, 0.15) is 11.6 Å². The average molecular weight is 360 g/mol. The van der Waals surface area contributed by atoms with Gasteiger partial charge in [-0.2, -0.15) is 0 Å². The minimum absolute atomic E-state index is 0.0389. The molecule has 0 saturated carbocycles. The quantitative estimate of drug-likeness (QED) is 0.610. The Morgan fingerprint density at radius 1 is 1.43 bits per heavy atom. The van der Waals surface area contributed by atoms with Crippen molar-refractivity contribution in [2.75, 3.05) is 41.0 Å². The van der Waals surface area contributed by atoms with E-state index in [9.17, 15) is 0 Å². The number of halogens is 1. The summed E-state index contributed by atoms with van der Waals surface area (Å²) in [4.78, 5) is 2.23. The van der Waals surface area contributed by atoms with Gasteiger partial charge in [0, 0.05) is 18.7 Å². The van der Waals surface area contributed by atoms with Gasteiger partial charge in [-0.05, 0) is 35.1 Å². The molecule has 0 aromatic heterocycles. The Bertz CT molecular complexity index is 487. The Balaban J connectivity index is 2.35. The van der Waals surface area contributed by atoms with E-state index < -0.39 is 0 Å². The average Bonchev–Trinajstić information content (AvgIpc) is 2.48. The Morgan fingerprint density at radius 2 is 2.19 bits per heavy atom. The standard InChI is InChI=1S/C14H22BrN3O3/c1-18-6-7-21-11(8-18)13(17-16)9-4-5-10(19-2)12(15)14(9)20-3/h4-5,11,13,17H,6-8,16H2,1-3H3. The van der Waals surface area contributed by atoms with Crippen molar-refractivity contribution in [1.82, 2.24) is 10.3 Å². The summed E-state index contributed by atoms with van der Waals surface area (Å²) in [6.07, 6.45) is -0.0389. The topological polar surface area (TPSA) is 69.0 Å². The van der Waals surface area contributed by atoms with Gasteiger partial charge in [0.25, 0.3) is 0 Å². The number of nitrogens with zero attached hydrogens (tertiary/aromatic N) is 1. The lowest BCUT2D eigenvalue weighted by Gasteiger charge is -2.35. The lowest BCUT2D eigenvalue weighted by atomic mass is 9.99. The highest BCUT2D eigenvalue weighted by molar-refractivity contribution is 9.10. The monoisotopic (exact) mass is 359 g/mol. The van der Waals surface area contributed by atoms with E-state index >= 15 is 0 Å². The second-order valence-electron chi connectivity index (χ2n) is 5.02. The molecule has 1 aromatic rings. The van der Waals surface area contributed by atoms with Crippen LogP contribution in [-0.4, -0.2) is 52.0 Å². The summed E-state index contributed by atoms with van der Waals surface area (Å²) in [7, 11) is 5.33. The first-order valence-electron chi connectivity index (χ1n) is 6.79. The lowest BCUT2D eigenvalue weighted by Crippen LogP contribution is -2.48. The molecule has 1 aliphatic heterocycles. The zero-order valence-corrected chi connectivity index (χ0v) is 14.1. The van der Waals surface area contributed by atoms with Gasteiger partial charge in [-0.15, -0.1) is 0 Å². The van der Waals surface area contributed by atoms with Crippen LogP contribution in [0.2, 0.25) is 0 Å². The smallest absolute Gasteiger partial charge is 0.141 e. The van der Waals surface area contributed by atoms with Crippen molar-refractivity contribution in [1.29, 1.82) is 0 Å². The van der Waals surface area contributed by atoms with Crippen LogP contribution in [0.5, 0.6) is 11.5 Å². The SMILES string of the molecule is COc1ccc(C(NN)C2CN(C)CCO2)c(OC)c1Br. The highest BCUT2D eigenvalue weighted by Crippen LogP contribution is 2.40. The van der Waals surface area contributed by atoms with Crippen molar-refractivity contribution in [3.63, 3.8) is 0 Å². The number of morpholine rings is 1. The van der Waals surface area contributed by atoms with Crippen LogP contribution in [-0.2, 0) is 4.74 Å². The summed E-state index contributed by atoms with van der Waals surface area (Å²) in [5, 5.41) is 0. The van der Waals surface area contributed by atoms with Gasteiger partial charge in [-0.25, -0.2) is 0 Å². The molecule has 0 radical (unpaired) electrons. The number of benzene rings is 1. The maximum atomic E-state index is 5.87. The Labute approximate surface area is 133 Å². The zero-order valence-electron chi connectivity index (χ0n) is 12.6. The predicted molar refractivity (Wildman–Crippen MR) is 84.5 cm³/mol. The summed E-state index contributed by atoms with van der Waals surface area (Å²) in [6, 6.07) is 3.67. The molecule has 0 spiro atoms. The minimum atomic E-state index is -0.162. The van der Waals surface area contributed by atoms with Crippen molar-refractivity contribution >= 4 is 15.9 Å². The molecule has 1 aliphatic rings. The van der Waals surface area contributed by atoms with E-state index in [0.29, 0.717) is 18.1 Å². The highest BCUT2D eigenvalue weighted by atomic mass is 79.9. The second kappa shape index (κ2) is 7.42. The molecule has 2 atom stereocenters. The molecular formula is C14H22BrN3O3. The van der Waals surface area contributed by atoms with Crippen molar-refractivity contribution in [2.24, 2.45) is 5.84 Å². The molecule has 2 rings (SSSR count). The maximum absolute atomic E-state index is 5.87. The first kappa shape index (κ1) is 16.5. The van der Waals surface area contributed by atoms with Gasteiger partial charge in [0.05, 0.1) is 33.0 Å². The fourth-order valence-electron chi connectivity index (χ4n) is 2.57. The summed E-state index contributed by atoms with van der Waals surface area (Å²) in [5.74, 6) is 7.19. The third-order valence-corrected chi connectivity index (χ3v) is 4.45. The number of rotatable bonds is 5. The molecule has 0 aliphatic carbocycles. The molecule has 118 valence electrons. The number of ether oxygens (including phenoxy) is 3. The summed E-state index contributed by atoms with van der Waals surface area (Å²) in [5.41, 5.74) is 3.79. The highest BCUT2D eigenvalue weighted by Gasteiger charge is 2.30. The van der Waals surface area contributed by atoms with Crippen molar-refractivity contribution in [3.05, 3.63) is 22.2 Å². The number of nitrogens with two attached hydrogens (primary N) is 1. The molecule has 2 unspecified atom stereocenters. The fraction of sp³-hybridized carbons (Fsp3) is 0.571. The predicted octanol–water partition coefficient (Wildman–Crippen LogP) is 1.30. The van der Waals surface area contributed by atoms with Crippen LogP contribution in [0.4, 0.5) is 0 Å². The molecule has 1 saturated heterocycles. The molecule has 7 heteroatoms. The summed E-state index contributed by atoms with van der Waals surface area (Å²) >= 11 is 3.52. The van der Waals surface area contributed by atoms with Crippen LogP contribution in [0.25, 0.3) is 0 Å². The van der Waals surface area contributed by atoms with Crippen molar-refractivity contribution in [2.45, 2.75) is 12.1 Å². The first-order valence-corrected chi connectivity index (χ1v) is 7.58. The van der Waals surface area contributed by atoms with E-state index in [0.717, 1.165) is 23.1 Å². The van der Waals surface area contributed by atoms with Crippen molar-refractivity contribution in [3.8, 4) is 11.5 Å². The van der Waals surface area contributed by atoms with E-state index in [1.807, 2.05) is 12.1 Å². The van der Waals surface area contributed by atoms with Crippen LogP contribution >= 0.6 is 15.9 Å². The van der Waals surface area contributed by atoms with Gasteiger partial charge >= 0.3 is 0 Å². The van der Waals surface area contributed by atoms with Gasteiger partial charge in [0.15, 0.2) is 0 Å². The van der Waals surface area contributed by atoms with Crippen LogP contribution in [0, 0.1) is 0 Å². The fourth-order valence-corrected chi connectivity index (χ4v) is 3.26. The summed E-state index contributed by atoms with van der Waals surface area (Å²) < 4.78 is 17.5. The van der Waals surface area contributed by atoms with Gasteiger partial charge in [-0.3, -0.25) is 11.3 Å². The van der Waals surface area contributed by atoms with Crippen LogP contribution in [0.15, 0.2) is 16.6 Å². The zero-order chi connectivity index (χ0) is 15.4. The number of hydrogen-bond acceptors (Lipinski definition) is 6. The molecule has 3 N–H and O–H groups in total. The molecule has 1 heterocycles. The summed E-state index contributed by atoms with van der Waals surface area (Å²) in [6.45, 7) is 2.43. The molecule has 6 nitrogen and oxygen atoms in total. The first-order chi connectivity index (χ1) is 10.1. The van der Waals surface area contributed by atoms with Gasteiger partial charge in [-0.1, -0.05) is 0 Å². The number of methoxy groups -OCH3 is 2. The number of hydrazine groups is 1. The largest absolute Gasteiger partial charge is 0.495 e. The molecule has 0 amide bonds. The molecule has 21 heavy (non-hydrogen) atoms. The van der Waals surface area contributed by atoms with E-state index in [1.165, 1.54) is 0 Å². The van der Waals surface area contributed by atoms with E-state index in [4.69, 9.17) is 20.1 Å².